The van der Waals surface area contributed by atoms with Crippen molar-refractivity contribution in [3.05, 3.63) is 160 Å². The molecule has 7 heteroatoms. The van der Waals surface area contributed by atoms with Crippen LogP contribution in [-0.4, -0.2) is 37.4 Å². The van der Waals surface area contributed by atoms with Gasteiger partial charge in [-0.05, 0) is 109 Å². The van der Waals surface area contributed by atoms with Crippen LogP contribution in [0.25, 0.3) is 21.5 Å². The van der Waals surface area contributed by atoms with E-state index < -0.39 is 10.1 Å². The van der Waals surface area contributed by atoms with Gasteiger partial charge >= 0.3 is 0 Å². The summed E-state index contributed by atoms with van der Waals surface area (Å²) in [5.41, 5.74) is 11.2. The van der Waals surface area contributed by atoms with Crippen molar-refractivity contribution in [2.45, 2.75) is 69.6 Å². The molecule has 1 aliphatic carbocycles. The molecular weight excluding hydrogens is 708 g/mol. The van der Waals surface area contributed by atoms with Crippen LogP contribution in [0.3, 0.4) is 0 Å². The lowest BCUT2D eigenvalue weighted by atomic mass is 9.79. The molecule has 2 aliphatic heterocycles. The highest BCUT2D eigenvalue weighted by Gasteiger charge is 2.44. The van der Waals surface area contributed by atoms with E-state index in [1.54, 1.807) is 12.1 Å². The molecule has 5 aromatic rings. The van der Waals surface area contributed by atoms with Crippen molar-refractivity contribution < 1.29 is 17.5 Å². The summed E-state index contributed by atoms with van der Waals surface area (Å²) >= 11 is 7.16. The van der Waals surface area contributed by atoms with E-state index in [-0.39, 0.29) is 15.7 Å². The summed E-state index contributed by atoms with van der Waals surface area (Å²) in [6, 6.07) is 32.5. The monoisotopic (exact) mass is 755 g/mol. The zero-order valence-electron chi connectivity index (χ0n) is 32.1. The summed E-state index contributed by atoms with van der Waals surface area (Å²) in [6.07, 6.45) is 12.3. The number of allylic oxidation sites excluding steroid dienone is 8. The summed E-state index contributed by atoms with van der Waals surface area (Å²) in [7, 11) is 0.364. The molecule has 276 valence electrons. The lowest BCUT2D eigenvalue weighted by molar-refractivity contribution is -0.401. The van der Waals surface area contributed by atoms with Gasteiger partial charge in [-0.1, -0.05) is 110 Å². The lowest BCUT2D eigenvalue weighted by Gasteiger charge is -2.25. The Labute approximate surface area is 325 Å². The van der Waals surface area contributed by atoms with Gasteiger partial charge in [-0.25, -0.2) is 0 Å². The van der Waals surface area contributed by atoms with Crippen LogP contribution in [0.1, 0.15) is 63.6 Å². The zero-order valence-corrected chi connectivity index (χ0v) is 33.7. The molecule has 0 radical (unpaired) electrons. The summed E-state index contributed by atoms with van der Waals surface area (Å²) in [6.45, 7) is 11.2. The molecule has 0 atom stereocenters. The largest absolute Gasteiger partial charge is 0.347 e. The SMILES string of the molecule is CN1/C(=C\C=C2\CCCC(/C=C/C3=[N+](C)c4ccc5ccccc5c4C3(C)C)=C2Cl)C(C)(C)c2c1ccc1ccccc21.Cc1ccc(S(=O)(=O)O)cc1. The quantitative estimate of drug-likeness (QED) is 0.147. The topological polar surface area (TPSA) is 60.6 Å². The van der Waals surface area contributed by atoms with Gasteiger partial charge < -0.3 is 4.90 Å². The second-order valence-electron chi connectivity index (χ2n) is 15.7. The lowest BCUT2D eigenvalue weighted by Crippen LogP contribution is -2.27. The molecule has 0 amide bonds. The maximum absolute atomic E-state index is 10.5. The van der Waals surface area contributed by atoms with Crippen molar-refractivity contribution in [2.75, 3.05) is 19.0 Å². The Hall–Kier alpha value is -4.75. The van der Waals surface area contributed by atoms with Crippen molar-refractivity contribution >= 4 is 60.4 Å². The average molecular weight is 756 g/mol. The molecular formula is C47H48ClN2O3S+. The first-order valence-electron chi connectivity index (χ1n) is 18.5. The third kappa shape index (κ3) is 6.65. The van der Waals surface area contributed by atoms with Crippen LogP contribution in [0, 0.1) is 6.92 Å². The third-order valence-electron chi connectivity index (χ3n) is 11.4. The van der Waals surface area contributed by atoms with E-state index in [0.717, 1.165) is 29.9 Å². The number of aryl methyl sites for hydroxylation is 1. The summed E-state index contributed by atoms with van der Waals surface area (Å²) in [5, 5.41) is 6.17. The van der Waals surface area contributed by atoms with E-state index in [0.29, 0.717) is 0 Å². The van der Waals surface area contributed by atoms with E-state index in [2.05, 4.69) is 148 Å². The maximum atomic E-state index is 10.5. The number of nitrogens with zero attached hydrogens (tertiary/aromatic N) is 2. The Bertz CT molecular complexity index is 2590. The van der Waals surface area contributed by atoms with Crippen LogP contribution in [-0.2, 0) is 20.9 Å². The minimum absolute atomic E-state index is 0.0666. The molecule has 1 N–H and O–H groups in total. The van der Waals surface area contributed by atoms with Crippen LogP contribution in [0.2, 0.25) is 0 Å². The molecule has 54 heavy (non-hydrogen) atoms. The molecule has 2 heterocycles. The minimum Gasteiger partial charge on any atom is -0.347 e. The van der Waals surface area contributed by atoms with Gasteiger partial charge in [0.1, 0.15) is 7.05 Å². The Morgan fingerprint density at radius 1 is 0.759 bits per heavy atom. The van der Waals surface area contributed by atoms with Crippen LogP contribution >= 0.6 is 11.6 Å². The maximum Gasteiger partial charge on any atom is 0.294 e. The number of anilines is 1. The molecule has 0 fully saturated rings. The smallest absolute Gasteiger partial charge is 0.294 e. The fraction of sp³-hybridized carbons (Fsp3) is 0.255. The second-order valence-corrected chi connectivity index (χ2v) is 17.5. The Morgan fingerprint density at radius 2 is 1.37 bits per heavy atom. The Kier molecular flexibility index (Phi) is 9.84. The number of benzene rings is 5. The van der Waals surface area contributed by atoms with E-state index in [1.807, 2.05) is 6.92 Å². The Balaban J connectivity index is 0.000000353. The standard InChI is InChI=1S/C40H40ClN2.C7H8O3S/c1-39(2)34(42(5)32-22-18-26-12-7-9-16-30(26)36(32)39)24-20-28-14-11-15-29(38(28)41)21-25-35-40(3,4)37-31-17-10-8-13-27(31)19-23-33(37)43(35)6;1-6-2-4-7(5-3-6)11(8,9)10/h7-10,12-13,16-25H,11,14-15H2,1-6H3;2-5H,1H3,(H,8,9,10)/q+1;. The average Bonchev–Trinajstić information content (AvgIpc) is 3.47. The number of hydrogen-bond donors (Lipinski definition) is 1. The molecule has 0 bridgehead atoms. The molecule has 0 saturated heterocycles. The molecule has 0 unspecified atom stereocenters. The van der Waals surface area contributed by atoms with Crippen LogP contribution in [0.15, 0.2) is 148 Å². The fourth-order valence-electron chi connectivity index (χ4n) is 8.66. The minimum atomic E-state index is -4.02. The number of halogens is 1. The summed E-state index contributed by atoms with van der Waals surface area (Å²) in [4.78, 5) is 2.29. The van der Waals surface area contributed by atoms with Crippen molar-refractivity contribution in [1.29, 1.82) is 0 Å². The van der Waals surface area contributed by atoms with Gasteiger partial charge in [0.25, 0.3) is 10.1 Å². The van der Waals surface area contributed by atoms with Gasteiger partial charge in [0.2, 0.25) is 5.69 Å². The van der Waals surface area contributed by atoms with Crippen molar-refractivity contribution in [1.82, 2.24) is 0 Å². The van der Waals surface area contributed by atoms with Gasteiger partial charge in [-0.15, -0.1) is 0 Å². The number of hydrogen-bond acceptors (Lipinski definition) is 3. The number of likely N-dealkylation sites (N-methyl/N-ethyl adjacent to an activating group) is 1. The molecule has 0 saturated carbocycles. The summed E-state index contributed by atoms with van der Waals surface area (Å²) in [5.74, 6) is 0. The molecule has 0 aromatic heterocycles. The van der Waals surface area contributed by atoms with E-state index in [9.17, 15) is 8.42 Å². The van der Waals surface area contributed by atoms with E-state index in [1.165, 1.54) is 78.7 Å². The van der Waals surface area contributed by atoms with Crippen LogP contribution < -0.4 is 4.90 Å². The highest BCUT2D eigenvalue weighted by molar-refractivity contribution is 7.85. The molecule has 3 aliphatic rings. The van der Waals surface area contributed by atoms with Gasteiger partial charge in [-0.3, -0.25) is 4.55 Å². The first-order valence-corrected chi connectivity index (χ1v) is 20.3. The van der Waals surface area contributed by atoms with Gasteiger partial charge in [0, 0.05) is 46.6 Å². The molecule has 5 nitrogen and oxygen atoms in total. The third-order valence-corrected chi connectivity index (χ3v) is 12.8. The van der Waals surface area contributed by atoms with E-state index >= 15 is 0 Å². The highest BCUT2D eigenvalue weighted by Crippen LogP contribution is 2.50. The van der Waals surface area contributed by atoms with Gasteiger partial charge in [0.05, 0.1) is 10.3 Å². The molecule has 8 rings (SSSR count). The summed E-state index contributed by atoms with van der Waals surface area (Å²) < 4.78 is 31.9. The van der Waals surface area contributed by atoms with Gasteiger partial charge in [0.15, 0.2) is 5.71 Å². The van der Waals surface area contributed by atoms with E-state index in [4.69, 9.17) is 16.2 Å². The van der Waals surface area contributed by atoms with Gasteiger partial charge in [-0.2, -0.15) is 13.0 Å². The molecule has 5 aromatic carbocycles. The van der Waals surface area contributed by atoms with Crippen molar-refractivity contribution in [2.24, 2.45) is 0 Å². The Morgan fingerprint density at radius 3 is 2.02 bits per heavy atom. The zero-order chi connectivity index (χ0) is 38.6. The normalized spacial score (nSPS) is 19.2. The first kappa shape index (κ1) is 37.6. The molecule has 0 spiro atoms. The highest BCUT2D eigenvalue weighted by atomic mass is 35.5. The first-order chi connectivity index (χ1) is 25.6. The second kappa shape index (κ2) is 14.2. The predicted octanol–water partition coefficient (Wildman–Crippen LogP) is 11.7. The number of fused-ring (bicyclic) bond motifs is 6. The predicted molar refractivity (Wildman–Crippen MR) is 226 cm³/mol. The fourth-order valence-corrected chi connectivity index (χ4v) is 9.46. The van der Waals surface area contributed by atoms with Crippen LogP contribution in [0.5, 0.6) is 0 Å². The van der Waals surface area contributed by atoms with Crippen LogP contribution in [0.4, 0.5) is 11.4 Å². The number of rotatable bonds is 4. The van der Waals surface area contributed by atoms with Crippen molar-refractivity contribution in [3.8, 4) is 0 Å². The van der Waals surface area contributed by atoms with Crippen molar-refractivity contribution in [3.63, 3.8) is 0 Å².